The number of benzene rings is 2. The number of carbonyl (C=O) groups is 12. The van der Waals surface area contributed by atoms with E-state index in [4.69, 9.17) is 17.2 Å². The van der Waals surface area contributed by atoms with Gasteiger partial charge in [0.15, 0.2) is 0 Å². The van der Waals surface area contributed by atoms with Crippen molar-refractivity contribution in [3.63, 3.8) is 0 Å². The number of nitrogens with zero attached hydrogens (tertiary/aromatic N) is 1. The van der Waals surface area contributed by atoms with Crippen LogP contribution in [0.4, 0.5) is 0 Å². The van der Waals surface area contributed by atoms with Gasteiger partial charge in [0.05, 0.1) is 12.8 Å². The molecule has 0 spiro atoms. The molecule has 2 heterocycles. The van der Waals surface area contributed by atoms with Crippen LogP contribution in [0.2, 0.25) is 0 Å². The van der Waals surface area contributed by atoms with Crippen LogP contribution < -0.4 is 65.1 Å². The Balaban J connectivity index is 1.86. The zero-order valence-corrected chi connectivity index (χ0v) is 47.7. The lowest BCUT2D eigenvalue weighted by molar-refractivity contribution is -0.142. The number of rotatable bonds is 16. The number of amides is 12. The molecule has 2 aromatic rings. The van der Waals surface area contributed by atoms with Crippen molar-refractivity contribution in [2.45, 2.75) is 173 Å². The summed E-state index contributed by atoms with van der Waals surface area (Å²) in [5.74, 6) is -12.2. The molecule has 16 N–H and O–H groups in total. The summed E-state index contributed by atoms with van der Waals surface area (Å²) < 4.78 is 0. The van der Waals surface area contributed by atoms with Gasteiger partial charge in [0.25, 0.3) is 0 Å². The summed E-state index contributed by atoms with van der Waals surface area (Å²) in [6.45, 7) is 11.7. The van der Waals surface area contributed by atoms with E-state index in [2.05, 4.69) is 47.9 Å². The first-order chi connectivity index (χ1) is 38.7. The van der Waals surface area contributed by atoms with Gasteiger partial charge < -0.3 is 75.1 Å². The minimum atomic E-state index is -1.82. The maximum atomic E-state index is 14.9. The lowest BCUT2D eigenvalue weighted by Gasteiger charge is -2.32. The molecule has 2 aliphatic rings. The topological polar surface area (TPSA) is 415 Å². The Bertz CT molecular complexity index is 2600. The molecule has 0 radical (unpaired) electrons. The van der Waals surface area contributed by atoms with Crippen molar-refractivity contribution in [1.29, 1.82) is 0 Å². The van der Waals surface area contributed by atoms with Crippen LogP contribution in [0.25, 0.3) is 0 Å². The molecule has 26 heteroatoms. The quantitative estimate of drug-likeness (QED) is 0.0849. The van der Waals surface area contributed by atoms with Crippen LogP contribution in [0.15, 0.2) is 54.6 Å². The number of nitrogens with one attached hydrogen (secondary N) is 9. The molecule has 0 aliphatic carbocycles. The molecular formula is C56H83N13O13. The molecule has 2 aromatic carbocycles. The van der Waals surface area contributed by atoms with Gasteiger partial charge >= 0.3 is 0 Å². The van der Waals surface area contributed by atoms with E-state index in [0.29, 0.717) is 17.5 Å². The molecule has 2 saturated heterocycles. The molecule has 10 atom stereocenters. The van der Waals surface area contributed by atoms with Crippen LogP contribution in [0, 0.1) is 17.8 Å². The molecule has 0 bridgehead atoms. The molecule has 0 saturated carbocycles. The molecule has 2 aliphatic heterocycles. The highest BCUT2D eigenvalue weighted by Gasteiger charge is 2.41. The molecule has 12 amide bonds. The third-order valence-electron chi connectivity index (χ3n) is 13.8. The highest BCUT2D eigenvalue weighted by molar-refractivity contribution is 6.01. The number of fused-ring (bicyclic) bond motifs is 1. The number of hydrogen-bond donors (Lipinski definition) is 13. The monoisotopic (exact) mass is 1150 g/mol. The number of primary amides is 2. The van der Waals surface area contributed by atoms with Crippen molar-refractivity contribution in [3.8, 4) is 5.75 Å². The summed E-state index contributed by atoms with van der Waals surface area (Å²) >= 11 is 0. The summed E-state index contributed by atoms with van der Waals surface area (Å²) in [6.07, 6.45) is -1.21. The average molecular weight is 1150 g/mol. The van der Waals surface area contributed by atoms with E-state index in [9.17, 15) is 62.6 Å². The normalized spacial score (nSPS) is 25.6. The van der Waals surface area contributed by atoms with Crippen LogP contribution in [-0.4, -0.2) is 154 Å². The lowest BCUT2D eigenvalue weighted by atomic mass is 9.99. The highest BCUT2D eigenvalue weighted by Crippen LogP contribution is 2.22. The van der Waals surface area contributed by atoms with E-state index < -0.39 is 150 Å². The minimum absolute atomic E-state index is 0.00572. The average Bonchev–Trinajstić information content (AvgIpc) is 3.91. The van der Waals surface area contributed by atoms with Gasteiger partial charge in [0.2, 0.25) is 70.9 Å². The fraction of sp³-hybridized carbons (Fsp3) is 0.571. The lowest BCUT2D eigenvalue weighted by Crippen LogP contribution is -2.62. The minimum Gasteiger partial charge on any atom is -0.508 e. The summed E-state index contributed by atoms with van der Waals surface area (Å²) in [5, 5.41) is 33.5. The second-order valence-corrected chi connectivity index (χ2v) is 22.2. The van der Waals surface area contributed by atoms with Crippen LogP contribution in [0.3, 0.4) is 0 Å². The molecule has 0 unspecified atom stereocenters. The van der Waals surface area contributed by atoms with E-state index in [1.54, 1.807) is 58.0 Å². The third kappa shape index (κ3) is 20.7. The van der Waals surface area contributed by atoms with Gasteiger partial charge in [-0.15, -0.1) is 0 Å². The first-order valence-corrected chi connectivity index (χ1v) is 27.8. The smallest absolute Gasteiger partial charge is 0.246 e. The largest absolute Gasteiger partial charge is 0.508 e. The number of phenolic OH excluding ortho intramolecular Hbond substituents is 1. The van der Waals surface area contributed by atoms with Gasteiger partial charge in [-0.25, -0.2) is 0 Å². The molecule has 0 aromatic heterocycles. The Morgan fingerprint density at radius 3 is 1.49 bits per heavy atom. The SMILES string of the molecule is CC(C)C[C@@H]1NC(=O)[C@@H](Cc2ccccc2)NC(=O)[C@@H]2CCCN2C(=O)[C@H](Cc2ccc(O)cc2)NC(=O)[C@@H](CC(C)C)NC(=O)[C@H](CC(N)=O)NC(=O)[C@H](CC(N)=O)NC(=O)[C@H](C)NC(=O)[C@H](C(C)C)NC(=O)[C@H](CCCN)NC1=O. The highest BCUT2D eigenvalue weighted by atomic mass is 16.3. The predicted molar refractivity (Wildman–Crippen MR) is 299 cm³/mol. The number of carbonyl (C=O) groups excluding carboxylic acids is 12. The summed E-state index contributed by atoms with van der Waals surface area (Å²) in [7, 11) is 0. The number of nitrogens with two attached hydrogens (primary N) is 3. The fourth-order valence-electron chi connectivity index (χ4n) is 9.53. The van der Waals surface area contributed by atoms with Crippen LogP contribution in [-0.2, 0) is 70.4 Å². The standard InChI is InChI=1S/C56H83N13O13/c1-29(2)23-37-49(75)61-36(15-11-21-57)48(74)68-46(31(5)6)55(81)60-32(7)47(73)62-40(27-44(58)71)52(78)65-41(28-45(59)72)53(79)64-38(24-30(3)4)50(76)67-42(26-34-17-19-35(70)20-18-34)56(82)69-22-12-16-43(69)54(80)66-39(51(77)63-37)25-33-13-9-8-10-14-33/h8-10,13-14,17-20,29-32,36-43,46,70H,11-12,15-16,21-28,57H2,1-7H3,(H2,58,71)(H2,59,72)(H,60,81)(H,61,75)(H,62,73)(H,63,77)(H,64,79)(H,65,78)(H,66,80)(H,67,76)(H,68,74)/t32-,36-,37-,38+,39+,40-,41-,42-,43-,46-/m0/s1. The van der Waals surface area contributed by atoms with E-state index in [0.717, 1.165) is 0 Å². The van der Waals surface area contributed by atoms with E-state index in [1.165, 1.54) is 36.1 Å². The molecule has 450 valence electrons. The van der Waals surface area contributed by atoms with E-state index in [1.807, 2.05) is 13.8 Å². The third-order valence-corrected chi connectivity index (χ3v) is 13.8. The number of aromatic hydroxyl groups is 1. The first kappa shape index (κ1) is 66.4. The Hall–Kier alpha value is -8.16. The van der Waals surface area contributed by atoms with Crippen molar-refractivity contribution in [2.75, 3.05) is 13.1 Å². The Morgan fingerprint density at radius 2 is 0.976 bits per heavy atom. The van der Waals surface area contributed by atoms with Gasteiger partial charge in [0.1, 0.15) is 66.2 Å². The van der Waals surface area contributed by atoms with Crippen LogP contribution >= 0.6 is 0 Å². The van der Waals surface area contributed by atoms with Crippen LogP contribution in [0.5, 0.6) is 5.75 Å². The van der Waals surface area contributed by atoms with Crippen molar-refractivity contribution in [1.82, 2.24) is 52.8 Å². The first-order valence-electron chi connectivity index (χ1n) is 27.8. The second kappa shape index (κ2) is 31.7. The van der Waals surface area contributed by atoms with Crippen molar-refractivity contribution in [2.24, 2.45) is 35.0 Å². The predicted octanol–water partition coefficient (Wildman–Crippen LogP) is -2.20. The zero-order chi connectivity index (χ0) is 61.0. The van der Waals surface area contributed by atoms with E-state index >= 15 is 0 Å². The van der Waals surface area contributed by atoms with Gasteiger partial charge in [-0.2, -0.15) is 0 Å². The van der Waals surface area contributed by atoms with Gasteiger partial charge in [0, 0.05) is 19.4 Å². The molecule has 2 fully saturated rings. The van der Waals surface area contributed by atoms with Gasteiger partial charge in [-0.3, -0.25) is 57.5 Å². The van der Waals surface area contributed by atoms with Crippen molar-refractivity contribution in [3.05, 3.63) is 65.7 Å². The maximum Gasteiger partial charge on any atom is 0.246 e. The summed E-state index contributed by atoms with van der Waals surface area (Å²) in [5.41, 5.74) is 17.9. The zero-order valence-electron chi connectivity index (χ0n) is 47.7. The van der Waals surface area contributed by atoms with Crippen LogP contribution in [0.1, 0.15) is 111 Å². The maximum absolute atomic E-state index is 14.9. The second-order valence-electron chi connectivity index (χ2n) is 22.2. The van der Waals surface area contributed by atoms with E-state index in [-0.39, 0.29) is 75.6 Å². The van der Waals surface area contributed by atoms with Crippen molar-refractivity contribution >= 4 is 70.9 Å². The van der Waals surface area contributed by atoms with Gasteiger partial charge in [-0.1, -0.05) is 84.0 Å². The van der Waals surface area contributed by atoms with Crippen molar-refractivity contribution < 1.29 is 62.6 Å². The fourth-order valence-corrected chi connectivity index (χ4v) is 9.53. The van der Waals surface area contributed by atoms with Gasteiger partial charge in [-0.05, 0) is 93.0 Å². The molecular weight excluding hydrogens is 1060 g/mol. The Morgan fingerprint density at radius 1 is 0.537 bits per heavy atom. The summed E-state index contributed by atoms with van der Waals surface area (Å²) in [6, 6.07) is 0.173. The molecule has 26 nitrogen and oxygen atoms in total. The Kier molecular flexibility index (Phi) is 25.7. The Labute approximate surface area is 477 Å². The number of hydrogen-bond acceptors (Lipinski definition) is 14. The summed E-state index contributed by atoms with van der Waals surface area (Å²) in [4.78, 5) is 169. The number of phenols is 1. The molecule has 4 rings (SSSR count). The molecule has 82 heavy (non-hydrogen) atoms.